The van der Waals surface area contributed by atoms with Gasteiger partial charge in [0, 0.05) is 13.1 Å². The predicted octanol–water partition coefficient (Wildman–Crippen LogP) is 2.46. The lowest BCUT2D eigenvalue weighted by molar-refractivity contribution is 0.275. The summed E-state index contributed by atoms with van der Waals surface area (Å²) in [7, 11) is 0. The van der Waals surface area contributed by atoms with Crippen LogP contribution in [0.25, 0.3) is 0 Å². The second-order valence-electron chi connectivity index (χ2n) is 5.20. The van der Waals surface area contributed by atoms with Crippen molar-refractivity contribution in [3.8, 4) is 17.4 Å². The molecule has 0 radical (unpaired) electrons. The summed E-state index contributed by atoms with van der Waals surface area (Å²) in [5.74, 6) is 1.58. The van der Waals surface area contributed by atoms with E-state index in [1.165, 1.54) is 9.95 Å². The van der Waals surface area contributed by atoms with Crippen LogP contribution >= 0.6 is 11.3 Å². The molecule has 0 unspecified atom stereocenters. The van der Waals surface area contributed by atoms with E-state index < -0.39 is 0 Å². The molecule has 0 aliphatic carbocycles. The van der Waals surface area contributed by atoms with Gasteiger partial charge in [-0.15, -0.1) is 0 Å². The molecule has 2 aromatic rings. The van der Waals surface area contributed by atoms with E-state index in [0.717, 1.165) is 48.8 Å². The van der Waals surface area contributed by atoms with Crippen LogP contribution in [0.5, 0.6) is 17.4 Å². The summed E-state index contributed by atoms with van der Waals surface area (Å²) in [5, 5.41) is 14.3. The molecule has 2 rings (SSSR count). The van der Waals surface area contributed by atoms with Crippen molar-refractivity contribution in [3.63, 3.8) is 0 Å². The van der Waals surface area contributed by atoms with Crippen LogP contribution in [0.15, 0.2) is 34.4 Å². The molecule has 0 atom stereocenters. The van der Waals surface area contributed by atoms with Crippen LogP contribution in [0.4, 0.5) is 0 Å². The topological polar surface area (TPSA) is 72.7 Å². The molecule has 0 saturated carbocycles. The van der Waals surface area contributed by atoms with Gasteiger partial charge in [-0.25, -0.2) is 0 Å². The second kappa shape index (κ2) is 10.00. The van der Waals surface area contributed by atoms with Gasteiger partial charge in [-0.2, -0.15) is 0 Å². The number of rotatable bonds is 11. The molecule has 7 heteroatoms. The maximum atomic E-state index is 11.4. The van der Waals surface area contributed by atoms with Crippen LogP contribution in [-0.4, -0.2) is 36.0 Å². The molecule has 2 N–H and O–H groups in total. The standard InChI is InChI=1S/C17H24N2O4S/c1-2-22-14-7-3-4-8-15(14)23-12-10-18-9-5-6-11-19-16(20)13-24-17(19)21/h3-4,7-8,13,18,20H,2,5-6,9-12H2,1H3. The molecular weight excluding hydrogens is 328 g/mol. The number of nitrogens with zero attached hydrogens (tertiary/aromatic N) is 1. The molecule has 1 aromatic carbocycles. The predicted molar refractivity (Wildman–Crippen MR) is 95.5 cm³/mol. The Hall–Kier alpha value is -1.99. The first-order chi connectivity index (χ1) is 11.7. The first-order valence-corrected chi connectivity index (χ1v) is 9.03. The Morgan fingerprint density at radius 1 is 1.17 bits per heavy atom. The summed E-state index contributed by atoms with van der Waals surface area (Å²) in [6.07, 6.45) is 1.77. The molecule has 0 aliphatic rings. The SMILES string of the molecule is CCOc1ccccc1OCCNCCCCn1c(O)csc1=O. The van der Waals surface area contributed by atoms with E-state index in [0.29, 0.717) is 19.8 Å². The van der Waals surface area contributed by atoms with Crippen LogP contribution in [0.1, 0.15) is 19.8 Å². The zero-order valence-corrected chi connectivity index (χ0v) is 14.7. The highest BCUT2D eigenvalue weighted by molar-refractivity contribution is 7.07. The highest BCUT2D eigenvalue weighted by Gasteiger charge is 2.04. The summed E-state index contributed by atoms with van der Waals surface area (Å²) in [6.45, 7) is 5.26. The third-order valence-corrected chi connectivity index (χ3v) is 4.18. The fraction of sp³-hybridized carbons (Fsp3) is 0.471. The number of thiazole rings is 1. The largest absolute Gasteiger partial charge is 0.494 e. The van der Waals surface area contributed by atoms with Crippen LogP contribution in [0.2, 0.25) is 0 Å². The Labute approximate surface area is 145 Å². The van der Waals surface area contributed by atoms with Gasteiger partial charge in [-0.1, -0.05) is 23.5 Å². The van der Waals surface area contributed by atoms with Crippen molar-refractivity contribution >= 4 is 11.3 Å². The van der Waals surface area contributed by atoms with Crippen molar-refractivity contribution in [2.45, 2.75) is 26.3 Å². The van der Waals surface area contributed by atoms with Crippen molar-refractivity contribution in [3.05, 3.63) is 39.3 Å². The number of hydrogen-bond acceptors (Lipinski definition) is 6. The van der Waals surface area contributed by atoms with Crippen molar-refractivity contribution in [1.29, 1.82) is 0 Å². The number of nitrogens with one attached hydrogen (secondary N) is 1. The Morgan fingerprint density at radius 3 is 2.58 bits per heavy atom. The van der Waals surface area contributed by atoms with Crippen LogP contribution in [0, 0.1) is 0 Å². The molecular formula is C17H24N2O4S. The van der Waals surface area contributed by atoms with Crippen molar-refractivity contribution in [1.82, 2.24) is 9.88 Å². The van der Waals surface area contributed by atoms with E-state index in [4.69, 9.17) is 9.47 Å². The molecule has 0 fully saturated rings. The molecule has 0 aliphatic heterocycles. The normalized spacial score (nSPS) is 10.7. The number of para-hydroxylation sites is 2. The van der Waals surface area contributed by atoms with E-state index >= 15 is 0 Å². The van der Waals surface area contributed by atoms with Gasteiger partial charge in [-0.3, -0.25) is 9.36 Å². The molecule has 1 aromatic heterocycles. The number of aromatic hydroxyl groups is 1. The van der Waals surface area contributed by atoms with E-state index in [1.54, 1.807) is 0 Å². The van der Waals surface area contributed by atoms with E-state index in [1.807, 2.05) is 31.2 Å². The van der Waals surface area contributed by atoms with Gasteiger partial charge in [0.1, 0.15) is 6.61 Å². The Morgan fingerprint density at radius 2 is 1.92 bits per heavy atom. The number of unbranched alkanes of at least 4 members (excludes halogenated alkanes) is 1. The zero-order chi connectivity index (χ0) is 17.2. The molecule has 0 amide bonds. The third kappa shape index (κ3) is 5.58. The lowest BCUT2D eigenvalue weighted by Gasteiger charge is -2.12. The molecule has 24 heavy (non-hydrogen) atoms. The highest BCUT2D eigenvalue weighted by Crippen LogP contribution is 2.25. The van der Waals surface area contributed by atoms with Crippen LogP contribution in [-0.2, 0) is 6.54 Å². The monoisotopic (exact) mass is 352 g/mol. The minimum absolute atomic E-state index is 0.0549. The van der Waals surface area contributed by atoms with Crippen molar-refractivity contribution in [2.24, 2.45) is 0 Å². The summed E-state index contributed by atoms with van der Waals surface area (Å²) in [4.78, 5) is 11.3. The lowest BCUT2D eigenvalue weighted by atomic mass is 10.3. The average molecular weight is 352 g/mol. The fourth-order valence-corrected chi connectivity index (χ4v) is 2.90. The number of ether oxygens (including phenoxy) is 2. The van der Waals surface area contributed by atoms with Crippen LogP contribution < -0.4 is 19.7 Å². The lowest BCUT2D eigenvalue weighted by Crippen LogP contribution is -2.22. The second-order valence-corrected chi connectivity index (χ2v) is 6.02. The fourth-order valence-electron chi connectivity index (χ4n) is 2.25. The summed E-state index contributed by atoms with van der Waals surface area (Å²) < 4.78 is 12.6. The Balaban J connectivity index is 1.57. The molecule has 0 saturated heterocycles. The first-order valence-electron chi connectivity index (χ1n) is 8.15. The first kappa shape index (κ1) is 18.4. The molecule has 132 valence electrons. The minimum atomic E-state index is -0.109. The van der Waals surface area contributed by atoms with Gasteiger partial charge < -0.3 is 19.9 Å². The van der Waals surface area contributed by atoms with E-state index in [9.17, 15) is 9.90 Å². The molecule has 0 spiro atoms. The molecule has 0 bridgehead atoms. The quantitative estimate of drug-likeness (QED) is 0.608. The van der Waals surface area contributed by atoms with E-state index in [2.05, 4.69) is 5.32 Å². The maximum Gasteiger partial charge on any atom is 0.309 e. The average Bonchev–Trinajstić information content (AvgIpc) is 2.90. The van der Waals surface area contributed by atoms with Gasteiger partial charge in [0.15, 0.2) is 11.5 Å². The smallest absolute Gasteiger partial charge is 0.309 e. The van der Waals surface area contributed by atoms with Gasteiger partial charge in [-0.05, 0) is 38.4 Å². The number of aromatic nitrogens is 1. The number of hydrogen-bond donors (Lipinski definition) is 2. The van der Waals surface area contributed by atoms with Crippen molar-refractivity contribution < 1.29 is 14.6 Å². The minimum Gasteiger partial charge on any atom is -0.494 e. The maximum absolute atomic E-state index is 11.4. The molecule has 1 heterocycles. The van der Waals surface area contributed by atoms with Gasteiger partial charge in [0.05, 0.1) is 12.0 Å². The zero-order valence-electron chi connectivity index (χ0n) is 13.9. The van der Waals surface area contributed by atoms with E-state index in [-0.39, 0.29) is 10.8 Å². The summed E-state index contributed by atoms with van der Waals surface area (Å²) >= 11 is 1.02. The Bertz CT molecular complexity index is 669. The van der Waals surface area contributed by atoms with Gasteiger partial charge >= 0.3 is 4.87 Å². The van der Waals surface area contributed by atoms with Gasteiger partial charge in [0.25, 0.3) is 0 Å². The van der Waals surface area contributed by atoms with Crippen LogP contribution in [0.3, 0.4) is 0 Å². The third-order valence-electron chi connectivity index (χ3n) is 3.43. The van der Waals surface area contributed by atoms with Crippen molar-refractivity contribution in [2.75, 3.05) is 26.3 Å². The van der Waals surface area contributed by atoms with Gasteiger partial charge in [0.2, 0.25) is 5.88 Å². The summed E-state index contributed by atoms with van der Waals surface area (Å²) in [6, 6.07) is 7.64. The molecule has 6 nitrogen and oxygen atoms in total. The highest BCUT2D eigenvalue weighted by atomic mass is 32.1. The number of benzene rings is 1. The Kier molecular flexibility index (Phi) is 7.64. The summed E-state index contributed by atoms with van der Waals surface area (Å²) in [5.41, 5.74) is 0.